The van der Waals surface area contributed by atoms with Crippen LogP contribution in [0.25, 0.3) is 0 Å². The molecule has 0 N–H and O–H groups in total. The molecule has 0 aromatic carbocycles. The van der Waals surface area contributed by atoms with Crippen molar-refractivity contribution in [3.05, 3.63) is 0 Å². The van der Waals surface area contributed by atoms with Gasteiger partial charge in [0, 0.05) is 13.1 Å². The maximum atomic E-state index is 12.8. The average molecular weight is 445 g/mol. The molecule has 0 aromatic heterocycles. The molecule has 0 amide bonds. The second-order valence-electron chi connectivity index (χ2n) is 6.42. The third-order valence-corrected chi connectivity index (χ3v) is 7.91. The lowest BCUT2D eigenvalue weighted by atomic mass is 10.3. The van der Waals surface area contributed by atoms with Crippen molar-refractivity contribution < 1.29 is 32.0 Å². The normalized spacial score (nSPS) is 14.2. The minimum atomic E-state index is -3.18. The molecule has 1 atom stereocenters. The monoisotopic (exact) mass is 445 g/mol. The molecule has 170 valence electrons. The summed E-state index contributed by atoms with van der Waals surface area (Å²) in [6.07, 6.45) is 1.04. The second kappa shape index (κ2) is 15.1. The molecular formula is C18H41NO7P2. The zero-order valence-electron chi connectivity index (χ0n) is 18.7. The van der Waals surface area contributed by atoms with Crippen LogP contribution in [0.5, 0.6) is 0 Å². The topological polar surface area (TPSA) is 83.5 Å². The summed E-state index contributed by atoms with van der Waals surface area (Å²) in [4.78, 5) is 2.02. The van der Waals surface area contributed by atoms with E-state index in [1.165, 1.54) is 0 Å². The van der Waals surface area contributed by atoms with E-state index in [0.717, 1.165) is 6.42 Å². The summed E-state index contributed by atoms with van der Waals surface area (Å²) in [5.74, 6) is 0. The van der Waals surface area contributed by atoms with E-state index in [-0.39, 0.29) is 24.7 Å². The van der Waals surface area contributed by atoms with Crippen molar-refractivity contribution in [2.24, 2.45) is 0 Å². The zero-order chi connectivity index (χ0) is 21.6. The highest BCUT2D eigenvalue weighted by molar-refractivity contribution is 7.54. The SMILES string of the molecule is CCOP(=O)(CCN(CCP(=O)(OCC)OCC)C(CC)OC(C)C)OCC. The van der Waals surface area contributed by atoms with Crippen LogP contribution in [0.4, 0.5) is 0 Å². The first-order valence-electron chi connectivity index (χ1n) is 10.3. The summed E-state index contributed by atoms with van der Waals surface area (Å²) in [5, 5.41) is 0. The lowest BCUT2D eigenvalue weighted by Crippen LogP contribution is -2.42. The van der Waals surface area contributed by atoms with Gasteiger partial charge in [0.1, 0.15) is 6.23 Å². The van der Waals surface area contributed by atoms with Crippen LogP contribution >= 0.6 is 15.2 Å². The Hall–Kier alpha value is 0.220. The third kappa shape index (κ3) is 11.4. The van der Waals surface area contributed by atoms with Gasteiger partial charge in [0.15, 0.2) is 0 Å². The van der Waals surface area contributed by atoms with Crippen LogP contribution < -0.4 is 0 Å². The molecule has 0 aliphatic heterocycles. The molecule has 1 unspecified atom stereocenters. The van der Waals surface area contributed by atoms with Crippen molar-refractivity contribution in [3.8, 4) is 0 Å². The lowest BCUT2D eigenvalue weighted by molar-refractivity contribution is -0.0858. The fourth-order valence-electron chi connectivity index (χ4n) is 2.78. The van der Waals surface area contributed by atoms with Gasteiger partial charge in [-0.25, -0.2) is 0 Å². The molecule has 0 aliphatic carbocycles. The quantitative estimate of drug-likeness (QED) is 0.216. The van der Waals surface area contributed by atoms with Crippen LogP contribution in [-0.4, -0.2) is 69.1 Å². The molecule has 8 nitrogen and oxygen atoms in total. The average Bonchev–Trinajstić information content (AvgIpc) is 2.61. The zero-order valence-corrected chi connectivity index (χ0v) is 20.5. The summed E-state index contributed by atoms with van der Waals surface area (Å²) in [6, 6.07) is 0. The van der Waals surface area contributed by atoms with Gasteiger partial charge < -0.3 is 22.8 Å². The molecule has 28 heavy (non-hydrogen) atoms. The van der Waals surface area contributed by atoms with Gasteiger partial charge >= 0.3 is 15.2 Å². The third-order valence-electron chi connectivity index (χ3n) is 3.81. The van der Waals surface area contributed by atoms with E-state index >= 15 is 0 Å². The number of nitrogens with zero attached hydrogens (tertiary/aromatic N) is 1. The van der Waals surface area contributed by atoms with Crippen molar-refractivity contribution in [1.82, 2.24) is 4.90 Å². The second-order valence-corrected chi connectivity index (χ2v) is 10.8. The molecule has 0 spiro atoms. The minimum Gasteiger partial charge on any atom is -0.361 e. The van der Waals surface area contributed by atoms with Gasteiger partial charge in [-0.2, -0.15) is 0 Å². The predicted octanol–water partition coefficient (Wildman–Crippen LogP) is 4.98. The van der Waals surface area contributed by atoms with E-state index < -0.39 is 15.2 Å². The molecular weight excluding hydrogens is 404 g/mol. The first-order valence-corrected chi connectivity index (χ1v) is 13.8. The largest absolute Gasteiger partial charge is 0.361 e. The van der Waals surface area contributed by atoms with Crippen molar-refractivity contribution in [2.45, 2.75) is 67.2 Å². The van der Waals surface area contributed by atoms with Crippen LogP contribution in [0.15, 0.2) is 0 Å². The Morgan fingerprint density at radius 3 is 1.32 bits per heavy atom. The van der Waals surface area contributed by atoms with Gasteiger partial charge in [-0.05, 0) is 48.0 Å². The molecule has 0 saturated heterocycles. The first kappa shape index (κ1) is 28.2. The van der Waals surface area contributed by atoms with E-state index in [9.17, 15) is 9.13 Å². The number of ether oxygens (including phenoxy) is 1. The van der Waals surface area contributed by atoms with E-state index in [2.05, 4.69) is 0 Å². The summed E-state index contributed by atoms with van der Waals surface area (Å²) < 4.78 is 53.3. The van der Waals surface area contributed by atoms with Crippen molar-refractivity contribution in [2.75, 3.05) is 51.8 Å². The van der Waals surface area contributed by atoms with E-state index in [4.69, 9.17) is 22.8 Å². The number of hydrogen-bond acceptors (Lipinski definition) is 8. The van der Waals surface area contributed by atoms with Crippen LogP contribution in [0.2, 0.25) is 0 Å². The maximum absolute atomic E-state index is 12.8. The van der Waals surface area contributed by atoms with Crippen LogP contribution in [0.1, 0.15) is 54.9 Å². The first-order chi connectivity index (χ1) is 13.2. The highest BCUT2D eigenvalue weighted by atomic mass is 31.2. The van der Waals surface area contributed by atoms with E-state index in [1.807, 2.05) is 25.7 Å². The summed E-state index contributed by atoms with van der Waals surface area (Å²) >= 11 is 0. The summed E-state index contributed by atoms with van der Waals surface area (Å²) in [5.41, 5.74) is 0. The number of hydrogen-bond donors (Lipinski definition) is 0. The van der Waals surface area contributed by atoms with Gasteiger partial charge in [-0.1, -0.05) is 6.92 Å². The highest BCUT2D eigenvalue weighted by Gasteiger charge is 2.30. The van der Waals surface area contributed by atoms with Crippen LogP contribution in [0, 0.1) is 0 Å². The fourth-order valence-corrected chi connectivity index (χ4v) is 6.02. The molecule has 10 heteroatoms. The molecule has 0 aliphatic rings. The summed E-state index contributed by atoms with van der Waals surface area (Å²) in [6.45, 7) is 15.3. The standard InChI is InChI=1S/C18H41NO7P2/c1-8-18(26-17(6)7)19(13-15-27(20,22-9-2)23-10-3)14-16-28(21,24-11-4)25-12-5/h17-18H,8-16H2,1-7H3. The Morgan fingerprint density at radius 1 is 0.714 bits per heavy atom. The highest BCUT2D eigenvalue weighted by Crippen LogP contribution is 2.49. The maximum Gasteiger partial charge on any atom is 0.331 e. The Labute approximate surface area is 171 Å². The fraction of sp³-hybridized carbons (Fsp3) is 1.00. The van der Waals surface area contributed by atoms with E-state index in [0.29, 0.717) is 39.5 Å². The van der Waals surface area contributed by atoms with Gasteiger partial charge in [0.25, 0.3) is 0 Å². The van der Waals surface area contributed by atoms with Crippen molar-refractivity contribution in [1.29, 1.82) is 0 Å². The van der Waals surface area contributed by atoms with Crippen LogP contribution in [-0.2, 0) is 32.0 Å². The Bertz CT molecular complexity index is 437. The molecule has 0 heterocycles. The molecule has 0 bridgehead atoms. The van der Waals surface area contributed by atoms with Gasteiger partial charge in [-0.15, -0.1) is 0 Å². The van der Waals surface area contributed by atoms with Gasteiger partial charge in [0.2, 0.25) is 0 Å². The number of rotatable bonds is 18. The van der Waals surface area contributed by atoms with Gasteiger partial charge in [0.05, 0.1) is 44.9 Å². The minimum absolute atomic E-state index is 0.0311. The molecule has 0 saturated carbocycles. The Kier molecular flexibility index (Phi) is 15.2. The lowest BCUT2D eigenvalue weighted by Gasteiger charge is -2.33. The summed E-state index contributed by atoms with van der Waals surface area (Å²) in [7, 11) is -6.35. The molecule has 0 aromatic rings. The van der Waals surface area contributed by atoms with Crippen molar-refractivity contribution >= 4 is 15.2 Å². The van der Waals surface area contributed by atoms with E-state index in [1.54, 1.807) is 27.7 Å². The van der Waals surface area contributed by atoms with Crippen LogP contribution in [0.3, 0.4) is 0 Å². The predicted molar refractivity (Wildman–Crippen MR) is 113 cm³/mol. The van der Waals surface area contributed by atoms with Gasteiger partial charge in [-0.3, -0.25) is 14.0 Å². The smallest absolute Gasteiger partial charge is 0.331 e. The Balaban J connectivity index is 5.28. The molecule has 0 fully saturated rings. The Morgan fingerprint density at radius 2 is 1.07 bits per heavy atom. The molecule has 0 radical (unpaired) electrons. The molecule has 0 rings (SSSR count). The van der Waals surface area contributed by atoms with Crippen molar-refractivity contribution in [3.63, 3.8) is 0 Å².